The summed E-state index contributed by atoms with van der Waals surface area (Å²) in [5.41, 5.74) is -0.413. The summed E-state index contributed by atoms with van der Waals surface area (Å²) in [6.07, 6.45) is -1.08. The number of hydrogen-bond acceptors (Lipinski definition) is 4. The summed E-state index contributed by atoms with van der Waals surface area (Å²) in [6.45, 7) is 5.07. The van der Waals surface area contributed by atoms with Crippen molar-refractivity contribution >= 4 is 11.8 Å². The highest BCUT2D eigenvalue weighted by molar-refractivity contribution is 5.88. The third-order valence-corrected chi connectivity index (χ3v) is 3.37. The van der Waals surface area contributed by atoms with E-state index in [-0.39, 0.29) is 12.8 Å². The van der Waals surface area contributed by atoms with Crippen LogP contribution in [0.4, 0.5) is 13.6 Å². The molecule has 0 radical (unpaired) electrons. The number of halogens is 2. The molecule has 2 unspecified atom stereocenters. The molecule has 2 rings (SSSR count). The van der Waals surface area contributed by atoms with Crippen LogP contribution in [0, 0.1) is 0 Å². The number of rotatable bonds is 0. The van der Waals surface area contributed by atoms with Gasteiger partial charge in [0.2, 0.25) is 0 Å². The molecule has 19 heavy (non-hydrogen) atoms. The van der Waals surface area contributed by atoms with E-state index in [1.165, 1.54) is 0 Å². The largest absolute Gasteiger partial charge is 0.444 e. The lowest BCUT2D eigenvalue weighted by Crippen LogP contribution is -2.51. The molecule has 1 N–H and O–H groups in total. The SMILES string of the molecule is CC(C)(C)OC(=O)N1C2C/C(=N\O)CC1C(F)(F)C2. The Morgan fingerprint density at radius 2 is 2.11 bits per heavy atom. The van der Waals surface area contributed by atoms with Crippen LogP contribution in [0.5, 0.6) is 0 Å². The van der Waals surface area contributed by atoms with E-state index < -0.39 is 36.1 Å². The first-order valence-electron chi connectivity index (χ1n) is 6.23. The van der Waals surface area contributed by atoms with Crippen LogP contribution in [0.25, 0.3) is 0 Å². The zero-order valence-corrected chi connectivity index (χ0v) is 11.2. The number of fused-ring (bicyclic) bond motifs is 2. The number of carbonyl (C=O) groups is 1. The second kappa shape index (κ2) is 4.31. The summed E-state index contributed by atoms with van der Waals surface area (Å²) in [5.74, 6) is -2.96. The quantitative estimate of drug-likeness (QED) is 0.546. The molecular weight excluding hydrogens is 258 g/mol. The van der Waals surface area contributed by atoms with Gasteiger partial charge in [-0.15, -0.1) is 0 Å². The maximum atomic E-state index is 13.9. The van der Waals surface area contributed by atoms with E-state index in [9.17, 15) is 13.6 Å². The van der Waals surface area contributed by atoms with Crippen LogP contribution in [-0.4, -0.2) is 45.5 Å². The fourth-order valence-electron chi connectivity index (χ4n) is 2.68. The summed E-state index contributed by atoms with van der Waals surface area (Å²) < 4.78 is 32.9. The van der Waals surface area contributed by atoms with Crippen molar-refractivity contribution < 1.29 is 23.5 Å². The standard InChI is InChI=1S/C12H18F2N2O3/c1-11(2,3)19-10(17)16-8-4-7(15-18)5-9(16)12(13,14)6-8/h8-9,18H,4-6H2,1-3H3/b15-7+. The Labute approximate surface area is 110 Å². The van der Waals surface area contributed by atoms with Gasteiger partial charge < -0.3 is 9.94 Å². The smallest absolute Gasteiger partial charge is 0.411 e. The van der Waals surface area contributed by atoms with Gasteiger partial charge in [0.05, 0.1) is 5.71 Å². The molecule has 2 atom stereocenters. The Bertz CT molecular complexity index is 418. The summed E-state index contributed by atoms with van der Waals surface area (Å²) >= 11 is 0. The average Bonchev–Trinajstić information content (AvgIpc) is 2.39. The van der Waals surface area contributed by atoms with Gasteiger partial charge in [0.1, 0.15) is 11.6 Å². The van der Waals surface area contributed by atoms with Crippen molar-refractivity contribution in [1.82, 2.24) is 4.90 Å². The first-order valence-corrected chi connectivity index (χ1v) is 6.23. The van der Waals surface area contributed by atoms with E-state index in [1.807, 2.05) is 0 Å². The van der Waals surface area contributed by atoms with Gasteiger partial charge >= 0.3 is 6.09 Å². The van der Waals surface area contributed by atoms with Crippen LogP contribution in [-0.2, 0) is 4.74 Å². The molecule has 2 aliphatic heterocycles. The van der Waals surface area contributed by atoms with E-state index in [0.29, 0.717) is 5.71 Å². The molecule has 0 saturated carbocycles. The number of oxime groups is 1. The van der Waals surface area contributed by atoms with Gasteiger partial charge in [0, 0.05) is 25.3 Å². The van der Waals surface area contributed by atoms with Crippen LogP contribution in [0.1, 0.15) is 40.0 Å². The number of hydrogen-bond donors (Lipinski definition) is 1. The number of amides is 1. The van der Waals surface area contributed by atoms with Crippen LogP contribution < -0.4 is 0 Å². The van der Waals surface area contributed by atoms with Crippen molar-refractivity contribution in [3.8, 4) is 0 Å². The van der Waals surface area contributed by atoms with Gasteiger partial charge in [-0.1, -0.05) is 5.16 Å². The van der Waals surface area contributed by atoms with Gasteiger partial charge in [-0.3, -0.25) is 4.90 Å². The Morgan fingerprint density at radius 3 is 2.58 bits per heavy atom. The molecule has 2 bridgehead atoms. The summed E-state index contributed by atoms with van der Waals surface area (Å²) in [7, 11) is 0. The Kier molecular flexibility index (Phi) is 3.18. The summed E-state index contributed by atoms with van der Waals surface area (Å²) in [5, 5.41) is 11.8. The van der Waals surface area contributed by atoms with E-state index >= 15 is 0 Å². The molecule has 2 aliphatic rings. The minimum Gasteiger partial charge on any atom is -0.444 e. The lowest BCUT2D eigenvalue weighted by Gasteiger charge is -2.36. The second-order valence-electron chi connectivity index (χ2n) is 6.10. The number of ether oxygens (including phenoxy) is 1. The third kappa shape index (κ3) is 2.64. The Morgan fingerprint density at radius 1 is 1.47 bits per heavy atom. The highest BCUT2D eigenvalue weighted by atomic mass is 19.3. The monoisotopic (exact) mass is 276 g/mol. The van der Waals surface area contributed by atoms with Gasteiger partial charge in [0.15, 0.2) is 0 Å². The van der Waals surface area contributed by atoms with Gasteiger partial charge in [0.25, 0.3) is 5.92 Å². The predicted molar refractivity (Wildman–Crippen MR) is 63.7 cm³/mol. The van der Waals surface area contributed by atoms with Crippen LogP contribution >= 0.6 is 0 Å². The molecule has 0 spiro atoms. The molecular formula is C12H18F2N2O3. The fraction of sp³-hybridized carbons (Fsp3) is 0.833. The summed E-state index contributed by atoms with van der Waals surface area (Å²) in [6, 6.07) is -1.93. The Hall–Kier alpha value is -1.40. The molecule has 0 aromatic rings. The number of piperidine rings is 1. The molecule has 2 heterocycles. The van der Waals surface area contributed by atoms with E-state index in [1.54, 1.807) is 20.8 Å². The molecule has 0 aromatic heterocycles. The average molecular weight is 276 g/mol. The third-order valence-electron chi connectivity index (χ3n) is 3.37. The molecule has 2 fully saturated rings. The van der Waals surface area contributed by atoms with Gasteiger partial charge in [-0.05, 0) is 20.8 Å². The van der Waals surface area contributed by atoms with Gasteiger partial charge in [-0.2, -0.15) is 0 Å². The topological polar surface area (TPSA) is 62.1 Å². The van der Waals surface area contributed by atoms with Crippen molar-refractivity contribution in [2.24, 2.45) is 5.16 Å². The maximum absolute atomic E-state index is 13.9. The number of nitrogens with zero attached hydrogens (tertiary/aromatic N) is 2. The molecule has 108 valence electrons. The van der Waals surface area contributed by atoms with Crippen molar-refractivity contribution in [3.63, 3.8) is 0 Å². The molecule has 5 nitrogen and oxygen atoms in total. The van der Waals surface area contributed by atoms with E-state index in [2.05, 4.69) is 5.16 Å². The molecule has 2 saturated heterocycles. The number of alkyl halides is 2. The predicted octanol–water partition coefficient (Wildman–Crippen LogP) is 2.62. The zero-order chi connectivity index (χ0) is 14.4. The Balaban J connectivity index is 2.21. The number of carbonyl (C=O) groups excluding carboxylic acids is 1. The van der Waals surface area contributed by atoms with Crippen LogP contribution in [0.15, 0.2) is 5.16 Å². The lowest BCUT2D eigenvalue weighted by molar-refractivity contribution is -0.0399. The first-order chi connectivity index (χ1) is 8.64. The highest BCUT2D eigenvalue weighted by Crippen LogP contribution is 2.45. The minimum absolute atomic E-state index is 0.112. The minimum atomic E-state index is -2.96. The molecule has 1 amide bonds. The lowest BCUT2D eigenvalue weighted by atomic mass is 10.0. The van der Waals surface area contributed by atoms with Crippen LogP contribution in [0.3, 0.4) is 0 Å². The summed E-state index contributed by atoms with van der Waals surface area (Å²) in [4.78, 5) is 13.1. The van der Waals surface area contributed by atoms with E-state index in [4.69, 9.17) is 9.94 Å². The normalized spacial score (nSPS) is 31.6. The highest BCUT2D eigenvalue weighted by Gasteiger charge is 2.59. The van der Waals surface area contributed by atoms with Crippen LogP contribution in [0.2, 0.25) is 0 Å². The molecule has 7 heteroatoms. The molecule has 0 aromatic carbocycles. The first kappa shape index (κ1) is 14.0. The fourth-order valence-corrected chi connectivity index (χ4v) is 2.68. The van der Waals surface area contributed by atoms with Gasteiger partial charge in [-0.25, -0.2) is 13.6 Å². The molecule has 0 aliphatic carbocycles. The van der Waals surface area contributed by atoms with E-state index in [0.717, 1.165) is 4.90 Å². The van der Waals surface area contributed by atoms with Crippen molar-refractivity contribution in [2.75, 3.05) is 0 Å². The van der Waals surface area contributed by atoms with Crippen molar-refractivity contribution in [1.29, 1.82) is 0 Å². The maximum Gasteiger partial charge on any atom is 0.411 e. The second-order valence-corrected chi connectivity index (χ2v) is 6.10. The van der Waals surface area contributed by atoms with Crippen molar-refractivity contribution in [3.05, 3.63) is 0 Å². The zero-order valence-electron chi connectivity index (χ0n) is 11.2. The van der Waals surface area contributed by atoms with Crippen molar-refractivity contribution in [2.45, 2.75) is 63.6 Å².